The van der Waals surface area contributed by atoms with Gasteiger partial charge in [-0.05, 0) is 49.7 Å². The largest absolute Gasteiger partial charge is 0.345 e. The van der Waals surface area contributed by atoms with Crippen LogP contribution in [0.1, 0.15) is 27.6 Å². The summed E-state index contributed by atoms with van der Waals surface area (Å²) in [5.41, 5.74) is 4.34. The molecule has 0 radical (unpaired) electrons. The standard InChI is InChI=1S/C19H17N7O/c1-12-8-13(2)26-17(24-25-19(26)23-12)18(27)22-10-14-5-7-21-16(9-14)15-4-3-6-20-11-15/h3-9,11H,10H2,1-2H3,(H,22,27). The monoisotopic (exact) mass is 359 g/mol. The highest BCUT2D eigenvalue weighted by atomic mass is 16.2. The lowest BCUT2D eigenvalue weighted by Crippen LogP contribution is -2.25. The maximum atomic E-state index is 12.6. The summed E-state index contributed by atoms with van der Waals surface area (Å²) in [6.07, 6.45) is 5.19. The molecule has 0 bridgehead atoms. The second-order valence-corrected chi connectivity index (χ2v) is 6.17. The fraction of sp³-hybridized carbons (Fsp3) is 0.158. The fourth-order valence-corrected chi connectivity index (χ4v) is 2.90. The lowest BCUT2D eigenvalue weighted by atomic mass is 10.1. The van der Waals surface area contributed by atoms with Crippen LogP contribution in [0.3, 0.4) is 0 Å². The van der Waals surface area contributed by atoms with E-state index in [0.717, 1.165) is 28.2 Å². The normalized spacial score (nSPS) is 10.9. The van der Waals surface area contributed by atoms with Gasteiger partial charge in [0.15, 0.2) is 0 Å². The van der Waals surface area contributed by atoms with Crippen LogP contribution in [-0.4, -0.2) is 35.5 Å². The molecular formula is C19H17N7O. The number of aryl methyl sites for hydroxylation is 2. The molecule has 1 amide bonds. The summed E-state index contributed by atoms with van der Waals surface area (Å²) in [6, 6.07) is 9.47. The van der Waals surface area contributed by atoms with Crippen molar-refractivity contribution < 1.29 is 4.79 Å². The number of nitrogens with zero attached hydrogens (tertiary/aromatic N) is 6. The van der Waals surface area contributed by atoms with Gasteiger partial charge in [0, 0.05) is 42.1 Å². The Hall–Kier alpha value is -3.68. The van der Waals surface area contributed by atoms with Crippen molar-refractivity contribution in [3.05, 3.63) is 71.7 Å². The van der Waals surface area contributed by atoms with E-state index >= 15 is 0 Å². The van der Waals surface area contributed by atoms with Gasteiger partial charge in [-0.1, -0.05) is 0 Å². The number of hydrogen-bond donors (Lipinski definition) is 1. The number of amides is 1. The van der Waals surface area contributed by atoms with Crippen molar-refractivity contribution in [1.82, 2.24) is 34.9 Å². The molecule has 27 heavy (non-hydrogen) atoms. The first-order valence-electron chi connectivity index (χ1n) is 8.45. The van der Waals surface area contributed by atoms with E-state index in [4.69, 9.17) is 0 Å². The van der Waals surface area contributed by atoms with Crippen molar-refractivity contribution >= 4 is 11.7 Å². The molecule has 4 aromatic rings. The van der Waals surface area contributed by atoms with Gasteiger partial charge in [-0.2, -0.15) is 0 Å². The van der Waals surface area contributed by atoms with Gasteiger partial charge in [-0.3, -0.25) is 19.2 Å². The molecule has 0 atom stereocenters. The Balaban J connectivity index is 1.54. The Morgan fingerprint density at radius 3 is 2.85 bits per heavy atom. The summed E-state index contributed by atoms with van der Waals surface area (Å²) in [5, 5.41) is 10.9. The molecule has 0 aliphatic carbocycles. The molecule has 0 aromatic carbocycles. The van der Waals surface area contributed by atoms with Crippen LogP contribution in [0.2, 0.25) is 0 Å². The van der Waals surface area contributed by atoms with Gasteiger partial charge < -0.3 is 5.32 Å². The number of hydrogen-bond acceptors (Lipinski definition) is 6. The molecule has 0 saturated carbocycles. The molecule has 0 fully saturated rings. The minimum atomic E-state index is -0.309. The predicted octanol–water partition coefficient (Wildman–Crippen LogP) is 2.13. The van der Waals surface area contributed by atoms with E-state index in [0.29, 0.717) is 12.3 Å². The second kappa shape index (κ2) is 6.91. The molecule has 134 valence electrons. The maximum absolute atomic E-state index is 12.6. The zero-order valence-corrected chi connectivity index (χ0v) is 14.9. The van der Waals surface area contributed by atoms with Crippen molar-refractivity contribution in [3.63, 3.8) is 0 Å². The number of pyridine rings is 2. The zero-order valence-electron chi connectivity index (χ0n) is 14.9. The number of aromatic nitrogens is 6. The van der Waals surface area contributed by atoms with Crippen LogP contribution in [0.4, 0.5) is 0 Å². The van der Waals surface area contributed by atoms with Gasteiger partial charge in [0.05, 0.1) is 5.69 Å². The summed E-state index contributed by atoms with van der Waals surface area (Å²) < 4.78 is 1.65. The SMILES string of the molecule is Cc1cc(C)n2c(C(=O)NCc3ccnc(-c4cccnc4)c3)nnc2n1. The third kappa shape index (κ3) is 3.37. The number of nitrogens with one attached hydrogen (secondary N) is 1. The predicted molar refractivity (Wildman–Crippen MR) is 98.9 cm³/mol. The first kappa shape index (κ1) is 16.8. The summed E-state index contributed by atoms with van der Waals surface area (Å²) in [6.45, 7) is 4.12. The molecule has 4 aromatic heterocycles. The third-order valence-corrected chi connectivity index (χ3v) is 4.13. The zero-order chi connectivity index (χ0) is 18.8. The van der Waals surface area contributed by atoms with Crippen LogP contribution >= 0.6 is 0 Å². The van der Waals surface area contributed by atoms with Gasteiger partial charge in [0.2, 0.25) is 5.82 Å². The first-order valence-corrected chi connectivity index (χ1v) is 8.45. The number of carbonyl (C=O) groups is 1. The summed E-state index contributed by atoms with van der Waals surface area (Å²) in [7, 11) is 0. The highest BCUT2D eigenvalue weighted by Gasteiger charge is 2.16. The molecule has 1 N–H and O–H groups in total. The van der Waals surface area contributed by atoms with Crippen molar-refractivity contribution in [2.24, 2.45) is 0 Å². The Morgan fingerprint density at radius 1 is 1.15 bits per heavy atom. The van der Waals surface area contributed by atoms with E-state index in [2.05, 4.69) is 30.5 Å². The van der Waals surface area contributed by atoms with Gasteiger partial charge >= 0.3 is 0 Å². The summed E-state index contributed by atoms with van der Waals surface area (Å²) in [5.74, 6) is 0.327. The molecule has 4 rings (SSSR count). The first-order chi connectivity index (χ1) is 13.1. The van der Waals surface area contributed by atoms with Crippen LogP contribution in [0.15, 0.2) is 48.9 Å². The Labute approximate surface area is 155 Å². The lowest BCUT2D eigenvalue weighted by molar-refractivity contribution is 0.0939. The molecule has 8 nitrogen and oxygen atoms in total. The van der Waals surface area contributed by atoms with E-state index in [9.17, 15) is 4.79 Å². The van der Waals surface area contributed by atoms with Crippen LogP contribution in [-0.2, 0) is 6.54 Å². The van der Waals surface area contributed by atoms with Crippen molar-refractivity contribution in [3.8, 4) is 11.3 Å². The minimum absolute atomic E-state index is 0.219. The second-order valence-electron chi connectivity index (χ2n) is 6.17. The van der Waals surface area contributed by atoms with Crippen molar-refractivity contribution in [2.75, 3.05) is 0 Å². The van der Waals surface area contributed by atoms with Crippen molar-refractivity contribution in [1.29, 1.82) is 0 Å². The van der Waals surface area contributed by atoms with Gasteiger partial charge in [-0.25, -0.2) is 4.98 Å². The average Bonchev–Trinajstić information content (AvgIpc) is 3.11. The minimum Gasteiger partial charge on any atom is -0.345 e. The average molecular weight is 359 g/mol. The smallest absolute Gasteiger partial charge is 0.289 e. The highest BCUT2D eigenvalue weighted by molar-refractivity contribution is 5.91. The Bertz CT molecular complexity index is 1120. The van der Waals surface area contributed by atoms with Gasteiger partial charge in [0.25, 0.3) is 11.7 Å². The van der Waals surface area contributed by atoms with Crippen LogP contribution < -0.4 is 5.32 Å². The van der Waals surface area contributed by atoms with Crippen LogP contribution in [0, 0.1) is 13.8 Å². The topological polar surface area (TPSA) is 98.0 Å². The Morgan fingerprint density at radius 2 is 2.04 bits per heavy atom. The summed E-state index contributed by atoms with van der Waals surface area (Å²) >= 11 is 0. The molecular weight excluding hydrogens is 342 g/mol. The van der Waals surface area contributed by atoms with E-state index in [1.807, 2.05) is 44.2 Å². The molecule has 0 saturated heterocycles. The summed E-state index contributed by atoms with van der Waals surface area (Å²) in [4.78, 5) is 25.4. The third-order valence-electron chi connectivity index (χ3n) is 4.13. The molecule has 8 heteroatoms. The van der Waals surface area contributed by atoms with E-state index in [1.54, 1.807) is 23.0 Å². The quantitative estimate of drug-likeness (QED) is 0.599. The number of rotatable bonds is 4. The lowest BCUT2D eigenvalue weighted by Gasteiger charge is -2.07. The van der Waals surface area contributed by atoms with E-state index in [1.165, 1.54) is 0 Å². The molecule has 4 heterocycles. The fourth-order valence-electron chi connectivity index (χ4n) is 2.90. The maximum Gasteiger partial charge on any atom is 0.289 e. The molecule has 0 spiro atoms. The number of carbonyl (C=O) groups excluding carboxylic acids is 1. The van der Waals surface area contributed by atoms with Gasteiger partial charge in [0.1, 0.15) is 0 Å². The Kier molecular flexibility index (Phi) is 4.29. The van der Waals surface area contributed by atoms with Crippen molar-refractivity contribution in [2.45, 2.75) is 20.4 Å². The molecule has 0 unspecified atom stereocenters. The number of fused-ring (bicyclic) bond motifs is 1. The molecule has 0 aliphatic rings. The molecule has 0 aliphatic heterocycles. The van der Waals surface area contributed by atoms with Crippen LogP contribution in [0.25, 0.3) is 17.0 Å². The van der Waals surface area contributed by atoms with Gasteiger partial charge in [-0.15, -0.1) is 10.2 Å². The highest BCUT2D eigenvalue weighted by Crippen LogP contribution is 2.16. The van der Waals surface area contributed by atoms with Crippen LogP contribution in [0.5, 0.6) is 0 Å². The van der Waals surface area contributed by atoms with E-state index < -0.39 is 0 Å². The van der Waals surface area contributed by atoms with E-state index in [-0.39, 0.29) is 11.7 Å².